The van der Waals surface area contributed by atoms with E-state index in [-0.39, 0.29) is 0 Å². The SMILES string of the molecule is COc1ccc(-c2cccc(C(F)(F)F)n2)cc1C. The van der Waals surface area contributed by atoms with E-state index in [1.807, 2.05) is 6.92 Å². The summed E-state index contributed by atoms with van der Waals surface area (Å²) in [6.45, 7) is 1.83. The number of halogens is 3. The van der Waals surface area contributed by atoms with E-state index >= 15 is 0 Å². The van der Waals surface area contributed by atoms with Crippen molar-refractivity contribution in [2.75, 3.05) is 7.11 Å². The molecule has 0 radical (unpaired) electrons. The molecule has 100 valence electrons. The molecular formula is C14H12F3NO. The van der Waals surface area contributed by atoms with E-state index < -0.39 is 11.9 Å². The highest BCUT2D eigenvalue weighted by Crippen LogP contribution is 2.30. The molecule has 0 fully saturated rings. The lowest BCUT2D eigenvalue weighted by molar-refractivity contribution is -0.141. The fourth-order valence-corrected chi connectivity index (χ4v) is 1.79. The van der Waals surface area contributed by atoms with Crippen LogP contribution in [-0.4, -0.2) is 12.1 Å². The third kappa shape index (κ3) is 2.86. The Kier molecular flexibility index (Phi) is 3.46. The maximum atomic E-state index is 12.6. The van der Waals surface area contributed by atoms with Gasteiger partial charge in [0.15, 0.2) is 0 Å². The Hall–Kier alpha value is -2.04. The molecule has 0 bridgehead atoms. The van der Waals surface area contributed by atoms with E-state index in [1.165, 1.54) is 6.07 Å². The van der Waals surface area contributed by atoms with Gasteiger partial charge in [-0.2, -0.15) is 13.2 Å². The molecule has 1 heterocycles. The van der Waals surface area contributed by atoms with E-state index in [1.54, 1.807) is 31.4 Å². The minimum Gasteiger partial charge on any atom is -0.496 e. The molecule has 0 aliphatic carbocycles. The van der Waals surface area contributed by atoms with Gasteiger partial charge in [0, 0.05) is 5.56 Å². The normalized spacial score (nSPS) is 11.4. The average molecular weight is 267 g/mol. The maximum Gasteiger partial charge on any atom is 0.433 e. The number of nitrogens with zero attached hydrogens (tertiary/aromatic N) is 1. The van der Waals surface area contributed by atoms with Crippen molar-refractivity contribution in [1.29, 1.82) is 0 Å². The first-order valence-electron chi connectivity index (χ1n) is 5.61. The van der Waals surface area contributed by atoms with Crippen LogP contribution in [0.5, 0.6) is 5.75 Å². The van der Waals surface area contributed by atoms with E-state index in [0.29, 0.717) is 17.0 Å². The third-order valence-electron chi connectivity index (χ3n) is 2.73. The van der Waals surface area contributed by atoms with Crippen molar-refractivity contribution >= 4 is 0 Å². The second-order valence-corrected chi connectivity index (χ2v) is 4.09. The summed E-state index contributed by atoms with van der Waals surface area (Å²) in [4.78, 5) is 3.65. The van der Waals surface area contributed by atoms with Crippen LogP contribution in [0.25, 0.3) is 11.3 Å². The largest absolute Gasteiger partial charge is 0.496 e. The van der Waals surface area contributed by atoms with Crippen LogP contribution in [0, 0.1) is 6.92 Å². The van der Waals surface area contributed by atoms with Gasteiger partial charge in [-0.05, 0) is 42.8 Å². The molecular weight excluding hydrogens is 255 g/mol. The smallest absolute Gasteiger partial charge is 0.433 e. The first kappa shape index (κ1) is 13.4. The van der Waals surface area contributed by atoms with Crippen LogP contribution in [0.15, 0.2) is 36.4 Å². The summed E-state index contributed by atoms with van der Waals surface area (Å²) in [7, 11) is 1.55. The molecule has 1 aromatic heterocycles. The van der Waals surface area contributed by atoms with Gasteiger partial charge in [-0.15, -0.1) is 0 Å². The summed E-state index contributed by atoms with van der Waals surface area (Å²) < 4.78 is 42.9. The monoisotopic (exact) mass is 267 g/mol. The number of hydrogen-bond donors (Lipinski definition) is 0. The first-order chi connectivity index (χ1) is 8.91. The number of alkyl halides is 3. The van der Waals surface area contributed by atoms with Crippen LogP contribution in [0.4, 0.5) is 13.2 Å². The summed E-state index contributed by atoms with van der Waals surface area (Å²) in [5.41, 5.74) is 0.877. The molecule has 0 atom stereocenters. The molecule has 1 aromatic carbocycles. The number of aromatic nitrogens is 1. The maximum absolute atomic E-state index is 12.6. The number of pyridine rings is 1. The van der Waals surface area contributed by atoms with Crippen LogP contribution < -0.4 is 4.74 Å². The van der Waals surface area contributed by atoms with E-state index in [0.717, 1.165) is 11.6 Å². The zero-order valence-electron chi connectivity index (χ0n) is 10.5. The summed E-state index contributed by atoms with van der Waals surface area (Å²) in [6.07, 6.45) is -4.43. The minimum absolute atomic E-state index is 0.292. The van der Waals surface area contributed by atoms with Gasteiger partial charge >= 0.3 is 6.18 Å². The standard InChI is InChI=1S/C14H12F3NO/c1-9-8-10(6-7-12(9)19-2)11-4-3-5-13(18-11)14(15,16)17/h3-8H,1-2H3. The van der Waals surface area contributed by atoms with Gasteiger partial charge in [0.05, 0.1) is 12.8 Å². The highest BCUT2D eigenvalue weighted by atomic mass is 19.4. The summed E-state index contributed by atoms with van der Waals surface area (Å²) in [6, 6.07) is 9.02. The van der Waals surface area contributed by atoms with Crippen molar-refractivity contribution in [3.63, 3.8) is 0 Å². The summed E-state index contributed by atoms with van der Waals surface area (Å²) in [5, 5.41) is 0. The van der Waals surface area contributed by atoms with Crippen LogP contribution >= 0.6 is 0 Å². The number of aryl methyl sites for hydroxylation is 1. The van der Waals surface area contributed by atoms with Crippen molar-refractivity contribution in [2.24, 2.45) is 0 Å². The quantitative estimate of drug-likeness (QED) is 0.817. The van der Waals surface area contributed by atoms with Crippen LogP contribution in [0.1, 0.15) is 11.3 Å². The Labute approximate surface area is 108 Å². The summed E-state index contributed by atoms with van der Waals surface area (Å²) in [5.74, 6) is 0.690. The fourth-order valence-electron chi connectivity index (χ4n) is 1.79. The van der Waals surface area contributed by atoms with Gasteiger partial charge in [0.1, 0.15) is 11.4 Å². The molecule has 0 aliphatic rings. The number of ether oxygens (including phenoxy) is 1. The molecule has 0 saturated heterocycles. The van der Waals surface area contributed by atoms with Crippen LogP contribution in [-0.2, 0) is 6.18 Å². The Bertz CT molecular complexity index is 593. The second kappa shape index (κ2) is 4.91. The lowest BCUT2D eigenvalue weighted by Gasteiger charge is -2.09. The lowest BCUT2D eigenvalue weighted by atomic mass is 10.1. The first-order valence-corrected chi connectivity index (χ1v) is 5.61. The van der Waals surface area contributed by atoms with Gasteiger partial charge in [0.2, 0.25) is 0 Å². The van der Waals surface area contributed by atoms with Gasteiger partial charge in [-0.3, -0.25) is 0 Å². The van der Waals surface area contributed by atoms with E-state index in [9.17, 15) is 13.2 Å². The van der Waals surface area contributed by atoms with Crippen molar-refractivity contribution in [3.05, 3.63) is 47.7 Å². The molecule has 5 heteroatoms. The molecule has 0 unspecified atom stereocenters. The molecule has 2 rings (SSSR count). The number of rotatable bonds is 2. The minimum atomic E-state index is -4.43. The van der Waals surface area contributed by atoms with E-state index in [4.69, 9.17) is 4.74 Å². The van der Waals surface area contributed by atoms with Gasteiger partial charge in [-0.25, -0.2) is 4.98 Å². The number of methoxy groups -OCH3 is 1. The van der Waals surface area contributed by atoms with Crippen LogP contribution in [0.3, 0.4) is 0 Å². The average Bonchev–Trinajstić information content (AvgIpc) is 2.38. The van der Waals surface area contributed by atoms with Crippen molar-refractivity contribution in [3.8, 4) is 17.0 Å². The summed E-state index contributed by atoms with van der Waals surface area (Å²) >= 11 is 0. The zero-order chi connectivity index (χ0) is 14.0. The fraction of sp³-hybridized carbons (Fsp3) is 0.214. The number of hydrogen-bond acceptors (Lipinski definition) is 2. The van der Waals surface area contributed by atoms with Gasteiger partial charge < -0.3 is 4.74 Å². The molecule has 0 spiro atoms. The molecule has 2 aromatic rings. The van der Waals surface area contributed by atoms with Gasteiger partial charge in [0.25, 0.3) is 0 Å². The molecule has 0 saturated carbocycles. The third-order valence-corrected chi connectivity index (χ3v) is 2.73. The van der Waals surface area contributed by atoms with Crippen molar-refractivity contribution < 1.29 is 17.9 Å². The predicted octanol–water partition coefficient (Wildman–Crippen LogP) is 4.08. The Morgan fingerprint density at radius 2 is 1.84 bits per heavy atom. The molecule has 0 aliphatic heterocycles. The molecule has 0 N–H and O–H groups in total. The Morgan fingerprint density at radius 1 is 1.11 bits per heavy atom. The van der Waals surface area contributed by atoms with Gasteiger partial charge in [-0.1, -0.05) is 6.07 Å². The number of benzene rings is 1. The Balaban J connectivity index is 2.45. The van der Waals surface area contributed by atoms with Crippen LogP contribution in [0.2, 0.25) is 0 Å². The highest BCUT2D eigenvalue weighted by Gasteiger charge is 2.32. The molecule has 2 nitrogen and oxygen atoms in total. The van der Waals surface area contributed by atoms with Crippen molar-refractivity contribution in [2.45, 2.75) is 13.1 Å². The Morgan fingerprint density at radius 3 is 2.42 bits per heavy atom. The van der Waals surface area contributed by atoms with E-state index in [2.05, 4.69) is 4.98 Å². The molecule has 19 heavy (non-hydrogen) atoms. The zero-order valence-corrected chi connectivity index (χ0v) is 10.5. The predicted molar refractivity (Wildman–Crippen MR) is 66.0 cm³/mol. The second-order valence-electron chi connectivity index (χ2n) is 4.09. The lowest BCUT2D eigenvalue weighted by Crippen LogP contribution is -2.08. The topological polar surface area (TPSA) is 22.1 Å². The highest BCUT2D eigenvalue weighted by molar-refractivity contribution is 5.62. The molecule has 0 amide bonds. The van der Waals surface area contributed by atoms with Crippen molar-refractivity contribution in [1.82, 2.24) is 4.98 Å².